The van der Waals surface area contributed by atoms with E-state index in [1.165, 1.54) is 17.4 Å². The van der Waals surface area contributed by atoms with E-state index in [4.69, 9.17) is 5.11 Å². The van der Waals surface area contributed by atoms with Crippen molar-refractivity contribution in [2.45, 2.75) is 6.42 Å². The number of amides is 1. The molecule has 2 aromatic rings. The molecule has 112 valence electrons. The molecule has 2 N–H and O–H groups in total. The molecule has 0 unspecified atom stereocenters. The fourth-order valence-electron chi connectivity index (χ4n) is 1.88. The van der Waals surface area contributed by atoms with Crippen molar-refractivity contribution in [1.82, 2.24) is 14.7 Å². The molecule has 2 rings (SSSR count). The van der Waals surface area contributed by atoms with Crippen molar-refractivity contribution in [3.63, 3.8) is 0 Å². The molecule has 8 heteroatoms. The maximum atomic E-state index is 11.3. The third-order valence-electron chi connectivity index (χ3n) is 2.98. The molecule has 21 heavy (non-hydrogen) atoms. The van der Waals surface area contributed by atoms with Gasteiger partial charge in [-0.1, -0.05) is 0 Å². The lowest BCUT2D eigenvalue weighted by molar-refractivity contribution is -0.131. The molecular formula is C13H16N4O3S. The predicted octanol–water partition coefficient (Wildman–Crippen LogP) is 1.07. The number of hydrogen-bond donors (Lipinski definition) is 2. The van der Waals surface area contributed by atoms with Crippen LogP contribution in [0.25, 0.3) is 11.0 Å². The number of nitrogens with one attached hydrogen (secondary N) is 1. The number of rotatable bonds is 6. The number of carboxylic acids is 1. The van der Waals surface area contributed by atoms with Crippen LogP contribution < -0.4 is 10.2 Å². The topological polar surface area (TPSA) is 86.9 Å². The minimum Gasteiger partial charge on any atom is -0.478 e. The second-order valence-electron chi connectivity index (χ2n) is 4.39. The van der Waals surface area contributed by atoms with E-state index in [0.29, 0.717) is 24.5 Å². The Bertz CT molecular complexity index is 689. The summed E-state index contributed by atoms with van der Waals surface area (Å²) in [6.45, 7) is 0.498. The Balaban J connectivity index is 2.29. The second kappa shape index (κ2) is 6.40. The highest BCUT2D eigenvalue weighted by Crippen LogP contribution is 2.25. The second-order valence-corrected chi connectivity index (χ2v) is 5.27. The largest absolute Gasteiger partial charge is 0.478 e. The molecular weight excluding hydrogens is 292 g/mol. The lowest BCUT2D eigenvalue weighted by Gasteiger charge is -2.16. The summed E-state index contributed by atoms with van der Waals surface area (Å²) in [6.07, 6.45) is 4.78. The summed E-state index contributed by atoms with van der Waals surface area (Å²) < 4.78 is 1.83. The standard InChI is InChI=1S/C13H16N4O3S/c1-14-10(18)5-6-16(2)12-9(3-4-11(19)20)17-7-8-21-13(17)15-12/h3-4,7-8H,5-6H2,1-2H3,(H,14,18)(H,19,20)/b4-3+. The highest BCUT2D eigenvalue weighted by Gasteiger charge is 2.15. The molecule has 0 bridgehead atoms. The van der Waals surface area contributed by atoms with Gasteiger partial charge in [-0.25, -0.2) is 9.78 Å². The lowest BCUT2D eigenvalue weighted by atomic mass is 10.3. The van der Waals surface area contributed by atoms with E-state index >= 15 is 0 Å². The van der Waals surface area contributed by atoms with Gasteiger partial charge in [-0.2, -0.15) is 0 Å². The summed E-state index contributed by atoms with van der Waals surface area (Å²) >= 11 is 1.47. The van der Waals surface area contributed by atoms with Crippen LogP contribution in [0.3, 0.4) is 0 Å². The van der Waals surface area contributed by atoms with Crippen molar-refractivity contribution >= 4 is 40.1 Å². The molecule has 0 aliphatic carbocycles. The molecule has 0 atom stereocenters. The van der Waals surface area contributed by atoms with Gasteiger partial charge in [0.15, 0.2) is 10.8 Å². The molecule has 0 saturated carbocycles. The monoisotopic (exact) mass is 308 g/mol. The van der Waals surface area contributed by atoms with Gasteiger partial charge in [0.2, 0.25) is 5.91 Å². The van der Waals surface area contributed by atoms with Crippen LogP contribution in [0, 0.1) is 0 Å². The van der Waals surface area contributed by atoms with Crippen molar-refractivity contribution < 1.29 is 14.7 Å². The normalized spacial score (nSPS) is 11.1. The maximum absolute atomic E-state index is 11.3. The first-order valence-corrected chi connectivity index (χ1v) is 7.19. The average Bonchev–Trinajstić information content (AvgIpc) is 3.02. The number of hydrogen-bond acceptors (Lipinski definition) is 5. The van der Waals surface area contributed by atoms with Crippen LogP contribution in [0.2, 0.25) is 0 Å². The van der Waals surface area contributed by atoms with E-state index in [2.05, 4.69) is 10.3 Å². The first-order chi connectivity index (χ1) is 10.0. The van der Waals surface area contributed by atoms with Crippen molar-refractivity contribution in [2.24, 2.45) is 0 Å². The van der Waals surface area contributed by atoms with Crippen molar-refractivity contribution in [2.75, 3.05) is 25.5 Å². The Labute approximate surface area is 125 Å². The van der Waals surface area contributed by atoms with Gasteiger partial charge in [0.25, 0.3) is 0 Å². The average molecular weight is 308 g/mol. The first kappa shape index (κ1) is 15.0. The number of carbonyl (C=O) groups is 2. The van der Waals surface area contributed by atoms with Gasteiger partial charge in [0, 0.05) is 44.7 Å². The van der Waals surface area contributed by atoms with Gasteiger partial charge in [0.05, 0.1) is 5.69 Å². The smallest absolute Gasteiger partial charge is 0.328 e. The summed E-state index contributed by atoms with van der Waals surface area (Å²) in [5.41, 5.74) is 0.688. The van der Waals surface area contributed by atoms with E-state index in [-0.39, 0.29) is 5.91 Å². The van der Waals surface area contributed by atoms with Gasteiger partial charge in [-0.15, -0.1) is 11.3 Å². The highest BCUT2D eigenvalue weighted by atomic mass is 32.1. The quantitative estimate of drug-likeness (QED) is 0.779. The van der Waals surface area contributed by atoms with Crippen molar-refractivity contribution in [3.8, 4) is 0 Å². The van der Waals surface area contributed by atoms with Gasteiger partial charge in [0.1, 0.15) is 0 Å². The number of aromatic nitrogens is 2. The van der Waals surface area contributed by atoms with E-state index in [1.807, 2.05) is 27.9 Å². The Morgan fingerprint density at radius 3 is 3.00 bits per heavy atom. The van der Waals surface area contributed by atoms with Crippen LogP contribution in [-0.2, 0) is 9.59 Å². The van der Waals surface area contributed by atoms with Crippen molar-refractivity contribution in [1.29, 1.82) is 0 Å². The minimum absolute atomic E-state index is 0.0505. The lowest BCUT2D eigenvalue weighted by Crippen LogP contribution is -2.26. The van der Waals surface area contributed by atoms with Crippen LogP contribution in [0.5, 0.6) is 0 Å². The number of fused-ring (bicyclic) bond motifs is 1. The maximum Gasteiger partial charge on any atom is 0.328 e. The number of carboxylic acid groups (broad SMARTS) is 1. The highest BCUT2D eigenvalue weighted by molar-refractivity contribution is 7.15. The first-order valence-electron chi connectivity index (χ1n) is 6.31. The fourth-order valence-corrected chi connectivity index (χ4v) is 2.59. The van der Waals surface area contributed by atoms with Gasteiger partial charge in [-0.05, 0) is 6.08 Å². The molecule has 0 aromatic carbocycles. The number of anilines is 1. The molecule has 0 aliphatic rings. The van der Waals surface area contributed by atoms with Crippen LogP contribution in [0.15, 0.2) is 17.7 Å². The summed E-state index contributed by atoms with van der Waals surface area (Å²) in [6, 6.07) is 0. The number of carbonyl (C=O) groups excluding carboxylic acids is 1. The number of thiazole rings is 1. The summed E-state index contributed by atoms with van der Waals surface area (Å²) in [5.74, 6) is -0.409. The number of imidazole rings is 1. The Morgan fingerprint density at radius 1 is 1.57 bits per heavy atom. The van der Waals surface area contributed by atoms with Crippen LogP contribution in [0.1, 0.15) is 12.1 Å². The predicted molar refractivity (Wildman–Crippen MR) is 81.7 cm³/mol. The number of nitrogens with zero attached hydrogens (tertiary/aromatic N) is 3. The summed E-state index contributed by atoms with van der Waals surface area (Å²) in [5, 5.41) is 13.2. The van der Waals surface area contributed by atoms with Crippen LogP contribution in [-0.4, -0.2) is 47.0 Å². The van der Waals surface area contributed by atoms with E-state index in [0.717, 1.165) is 11.0 Å². The molecule has 0 spiro atoms. The molecule has 1 amide bonds. The summed E-state index contributed by atoms with van der Waals surface area (Å²) in [4.78, 5) is 29.1. The van der Waals surface area contributed by atoms with E-state index < -0.39 is 5.97 Å². The molecule has 0 saturated heterocycles. The van der Waals surface area contributed by atoms with Gasteiger partial charge >= 0.3 is 5.97 Å². The number of aliphatic carboxylic acids is 1. The van der Waals surface area contributed by atoms with Crippen LogP contribution in [0.4, 0.5) is 5.82 Å². The molecule has 2 heterocycles. The molecule has 7 nitrogen and oxygen atoms in total. The van der Waals surface area contributed by atoms with E-state index in [1.54, 1.807) is 7.05 Å². The fraction of sp³-hybridized carbons (Fsp3) is 0.308. The van der Waals surface area contributed by atoms with Gasteiger partial charge < -0.3 is 15.3 Å². The molecule has 0 fully saturated rings. The molecule has 2 aromatic heterocycles. The Morgan fingerprint density at radius 2 is 2.33 bits per heavy atom. The zero-order valence-electron chi connectivity index (χ0n) is 11.7. The van der Waals surface area contributed by atoms with Crippen molar-refractivity contribution in [3.05, 3.63) is 23.3 Å². The molecule has 0 aliphatic heterocycles. The van der Waals surface area contributed by atoms with E-state index in [9.17, 15) is 9.59 Å². The molecule has 0 radical (unpaired) electrons. The SMILES string of the molecule is CNC(=O)CCN(C)c1nc2sccn2c1/C=C/C(=O)O. The van der Waals surface area contributed by atoms with Gasteiger partial charge in [-0.3, -0.25) is 9.20 Å². The minimum atomic E-state index is -1.01. The van der Waals surface area contributed by atoms with Crippen LogP contribution >= 0.6 is 11.3 Å². The third kappa shape index (κ3) is 3.40. The Hall–Kier alpha value is -2.35. The zero-order chi connectivity index (χ0) is 15.4. The Kier molecular flexibility index (Phi) is 4.59. The zero-order valence-corrected chi connectivity index (χ0v) is 12.6. The summed E-state index contributed by atoms with van der Waals surface area (Å²) in [7, 11) is 3.42. The third-order valence-corrected chi connectivity index (χ3v) is 3.73.